The molecule has 53 heavy (non-hydrogen) atoms. The summed E-state index contributed by atoms with van der Waals surface area (Å²) in [6.45, 7) is 3.87. The van der Waals surface area contributed by atoms with E-state index < -0.39 is 63.2 Å². The maximum Gasteiger partial charge on any atom is 0.472 e. The van der Waals surface area contributed by atoms with E-state index in [0.717, 1.165) is 38.5 Å². The second-order valence-electron chi connectivity index (χ2n) is 15.6. The summed E-state index contributed by atoms with van der Waals surface area (Å²) in [4.78, 5) is 23.3. The summed E-state index contributed by atoms with van der Waals surface area (Å²) in [7, 11) is -5.04. The van der Waals surface area contributed by atoms with Gasteiger partial charge >= 0.3 is 7.82 Å². The SMILES string of the molecule is CCCCCCCCCCCCCCCCC[C@@H](O)[C@H](COP(=O)(O)OC1[C@H](O)[C@H](O)C(O)[C@H](O)[C@H]1O)NC(=O)CCCCCCCCCCCCC. The van der Waals surface area contributed by atoms with Gasteiger partial charge in [0, 0.05) is 6.42 Å². The maximum absolute atomic E-state index is 12.9. The average molecular weight is 782 g/mol. The molecule has 8 N–H and O–H groups in total. The number of phosphoric ester groups is 1. The third-order valence-corrected chi connectivity index (χ3v) is 11.7. The quantitative estimate of drug-likeness (QED) is 0.0240. The molecule has 1 saturated carbocycles. The van der Waals surface area contributed by atoms with Crippen LogP contribution in [0, 0.1) is 0 Å². The number of amides is 1. The van der Waals surface area contributed by atoms with Crippen molar-refractivity contribution in [2.24, 2.45) is 0 Å². The topological polar surface area (TPSA) is 206 Å². The van der Waals surface area contributed by atoms with Crippen LogP contribution in [0.15, 0.2) is 0 Å². The highest BCUT2D eigenvalue weighted by Gasteiger charge is 2.51. The van der Waals surface area contributed by atoms with Crippen LogP contribution in [0.25, 0.3) is 0 Å². The second kappa shape index (κ2) is 31.4. The molecule has 1 aliphatic rings. The van der Waals surface area contributed by atoms with Crippen molar-refractivity contribution >= 4 is 13.7 Å². The first-order valence-corrected chi connectivity index (χ1v) is 23.0. The minimum Gasteiger partial charge on any atom is -0.391 e. The van der Waals surface area contributed by atoms with Gasteiger partial charge in [-0.25, -0.2) is 4.57 Å². The van der Waals surface area contributed by atoms with Gasteiger partial charge in [-0.3, -0.25) is 13.8 Å². The van der Waals surface area contributed by atoms with Crippen LogP contribution in [-0.2, 0) is 18.4 Å². The van der Waals surface area contributed by atoms with Crippen molar-refractivity contribution in [3.8, 4) is 0 Å². The molecule has 0 spiro atoms. The summed E-state index contributed by atoms with van der Waals surface area (Å²) >= 11 is 0. The lowest BCUT2D eigenvalue weighted by atomic mass is 9.85. The zero-order valence-electron chi connectivity index (χ0n) is 33.3. The molecule has 1 aliphatic carbocycles. The lowest BCUT2D eigenvalue weighted by molar-refractivity contribution is -0.220. The first-order chi connectivity index (χ1) is 25.4. The predicted octanol–water partition coefficient (Wildman–Crippen LogP) is 7.12. The second-order valence-corrected chi connectivity index (χ2v) is 17.0. The largest absolute Gasteiger partial charge is 0.472 e. The van der Waals surface area contributed by atoms with E-state index in [4.69, 9.17) is 9.05 Å². The Hall–Kier alpha value is -0.660. The highest BCUT2D eigenvalue weighted by Crippen LogP contribution is 2.47. The number of nitrogens with one attached hydrogen (secondary N) is 1. The Labute approximate surface area is 321 Å². The van der Waals surface area contributed by atoms with Crippen LogP contribution in [0.5, 0.6) is 0 Å². The van der Waals surface area contributed by atoms with Crippen molar-refractivity contribution in [1.82, 2.24) is 5.32 Å². The fourth-order valence-corrected chi connectivity index (χ4v) is 8.05. The van der Waals surface area contributed by atoms with E-state index in [0.29, 0.717) is 19.3 Å². The van der Waals surface area contributed by atoms with E-state index in [1.54, 1.807) is 0 Å². The zero-order chi connectivity index (χ0) is 39.3. The van der Waals surface area contributed by atoms with Crippen LogP contribution in [0.3, 0.4) is 0 Å². The molecule has 0 aromatic carbocycles. The third kappa shape index (κ3) is 23.9. The smallest absolute Gasteiger partial charge is 0.391 e. The molecule has 0 aliphatic heterocycles. The molecule has 9 atom stereocenters. The molecule has 0 aromatic heterocycles. The summed E-state index contributed by atoms with van der Waals surface area (Å²) < 4.78 is 22.9. The zero-order valence-corrected chi connectivity index (χ0v) is 34.2. The van der Waals surface area contributed by atoms with Crippen molar-refractivity contribution in [2.75, 3.05) is 6.61 Å². The summed E-state index contributed by atoms with van der Waals surface area (Å²) in [5.41, 5.74) is 0. The van der Waals surface area contributed by atoms with Crippen LogP contribution in [0.2, 0.25) is 0 Å². The lowest BCUT2D eigenvalue weighted by Crippen LogP contribution is -2.64. The minimum atomic E-state index is -5.04. The highest BCUT2D eigenvalue weighted by atomic mass is 31.2. The molecule has 0 saturated heterocycles. The molecular weight excluding hydrogens is 701 g/mol. The van der Waals surface area contributed by atoms with Crippen LogP contribution in [0.4, 0.5) is 0 Å². The number of unbranched alkanes of at least 4 members (excludes halogenated alkanes) is 24. The molecule has 12 nitrogen and oxygen atoms in total. The Morgan fingerprint density at radius 1 is 0.566 bits per heavy atom. The van der Waals surface area contributed by atoms with Gasteiger partial charge in [0.25, 0.3) is 0 Å². The summed E-state index contributed by atoms with van der Waals surface area (Å²) in [6.07, 6.45) is 18.6. The Kier molecular flexibility index (Phi) is 29.9. The van der Waals surface area contributed by atoms with Gasteiger partial charge in [0.05, 0.1) is 18.8 Å². The minimum absolute atomic E-state index is 0.241. The van der Waals surface area contributed by atoms with Gasteiger partial charge in [-0.15, -0.1) is 0 Å². The van der Waals surface area contributed by atoms with E-state index in [-0.39, 0.29) is 12.3 Å². The van der Waals surface area contributed by atoms with E-state index in [9.17, 15) is 44.9 Å². The van der Waals surface area contributed by atoms with Crippen molar-refractivity contribution in [2.45, 2.75) is 242 Å². The highest BCUT2D eigenvalue weighted by molar-refractivity contribution is 7.47. The number of hydrogen-bond donors (Lipinski definition) is 8. The molecule has 13 heteroatoms. The standard InChI is InChI=1S/C40H80NO11P/c1-3-5-7-9-11-13-15-16-17-18-20-21-23-25-27-29-33(42)32(41-34(43)30-28-26-24-22-19-14-12-10-8-6-4-2)31-51-53(49,50)52-40-38(47)36(45)35(44)37(46)39(40)48/h32-33,35-40,42,44-48H,3-31H2,1-2H3,(H,41,43)(H,49,50)/t32-,33+,35?,36-,37+,38+,39+,40?/m0/s1. The van der Waals surface area contributed by atoms with Gasteiger partial charge in [0.1, 0.15) is 36.6 Å². The Balaban J connectivity index is 2.51. The van der Waals surface area contributed by atoms with E-state index in [1.165, 1.54) is 116 Å². The number of rotatable bonds is 35. The summed E-state index contributed by atoms with van der Waals surface area (Å²) in [5.74, 6) is -0.308. The molecule has 0 heterocycles. The molecule has 1 fully saturated rings. The number of phosphoric acid groups is 1. The van der Waals surface area contributed by atoms with Crippen LogP contribution in [-0.4, -0.2) is 96.8 Å². The van der Waals surface area contributed by atoms with Gasteiger partial charge < -0.3 is 40.8 Å². The molecule has 3 unspecified atom stereocenters. The number of carbonyl (C=O) groups excluding carboxylic acids is 1. The summed E-state index contributed by atoms with van der Waals surface area (Å²) in [6, 6.07) is -1.02. The van der Waals surface area contributed by atoms with Gasteiger partial charge in [-0.2, -0.15) is 0 Å². The van der Waals surface area contributed by atoms with Crippen molar-refractivity contribution in [3.63, 3.8) is 0 Å². The number of carbonyl (C=O) groups is 1. The van der Waals surface area contributed by atoms with E-state index >= 15 is 0 Å². The molecule has 1 amide bonds. The number of aliphatic hydroxyl groups is 6. The summed E-state index contributed by atoms with van der Waals surface area (Å²) in [5, 5.41) is 63.9. The fourth-order valence-electron chi connectivity index (χ4n) is 7.08. The van der Waals surface area contributed by atoms with Gasteiger partial charge in [0.2, 0.25) is 5.91 Å². The lowest BCUT2D eigenvalue weighted by Gasteiger charge is -2.41. The molecule has 316 valence electrons. The van der Waals surface area contributed by atoms with E-state index in [2.05, 4.69) is 19.2 Å². The number of hydrogen-bond acceptors (Lipinski definition) is 10. The number of aliphatic hydroxyl groups excluding tert-OH is 6. The molecular formula is C40H80NO11P. The van der Waals surface area contributed by atoms with Crippen molar-refractivity contribution in [3.05, 3.63) is 0 Å². The maximum atomic E-state index is 12.9. The third-order valence-electron chi connectivity index (χ3n) is 10.7. The predicted molar refractivity (Wildman–Crippen MR) is 209 cm³/mol. The van der Waals surface area contributed by atoms with Gasteiger partial charge in [0.15, 0.2) is 0 Å². The van der Waals surface area contributed by atoms with Gasteiger partial charge in [-0.1, -0.05) is 174 Å². The first kappa shape index (κ1) is 50.4. The van der Waals surface area contributed by atoms with Crippen molar-refractivity contribution in [1.29, 1.82) is 0 Å². The first-order valence-electron chi connectivity index (χ1n) is 21.5. The van der Waals surface area contributed by atoms with Gasteiger partial charge in [-0.05, 0) is 12.8 Å². The average Bonchev–Trinajstić information content (AvgIpc) is 3.13. The Bertz CT molecular complexity index is 915. The molecule has 0 bridgehead atoms. The van der Waals surface area contributed by atoms with Crippen LogP contribution < -0.4 is 5.32 Å². The monoisotopic (exact) mass is 782 g/mol. The van der Waals surface area contributed by atoms with E-state index in [1.807, 2.05) is 0 Å². The Morgan fingerprint density at radius 2 is 0.906 bits per heavy atom. The van der Waals surface area contributed by atoms with Crippen LogP contribution in [0.1, 0.15) is 194 Å². The molecule has 0 aromatic rings. The fraction of sp³-hybridized carbons (Fsp3) is 0.975. The molecule has 0 radical (unpaired) electrons. The Morgan fingerprint density at radius 3 is 1.30 bits per heavy atom. The van der Waals surface area contributed by atoms with Crippen molar-refractivity contribution < 1.29 is 53.9 Å². The van der Waals surface area contributed by atoms with Crippen LogP contribution >= 0.6 is 7.82 Å². The molecule has 1 rings (SSSR count). The normalized spacial score (nSPS) is 24.2.